The lowest BCUT2D eigenvalue weighted by molar-refractivity contribution is 0.0949. The lowest BCUT2D eigenvalue weighted by atomic mass is 10.1. The molecule has 33 heavy (non-hydrogen) atoms. The first-order chi connectivity index (χ1) is 16.2. The van der Waals surface area contributed by atoms with E-state index in [1.807, 2.05) is 12.1 Å². The molecule has 0 radical (unpaired) electrons. The lowest BCUT2D eigenvalue weighted by Gasteiger charge is -2.28. The largest absolute Gasteiger partial charge is 0.378 e. The van der Waals surface area contributed by atoms with Crippen LogP contribution < -0.4 is 15.5 Å². The Hall–Kier alpha value is -4.25. The van der Waals surface area contributed by atoms with Gasteiger partial charge in [0.1, 0.15) is 5.69 Å². The Morgan fingerprint density at radius 3 is 2.58 bits per heavy atom. The number of rotatable bonds is 6. The van der Waals surface area contributed by atoms with E-state index in [0.29, 0.717) is 46.8 Å². The molecule has 2 amide bonds. The number of fused-ring (bicyclic) bond motifs is 1. The third kappa shape index (κ3) is 4.53. The fourth-order valence-electron chi connectivity index (χ4n) is 3.66. The average Bonchev–Trinajstić information content (AvgIpc) is 3.53. The minimum absolute atomic E-state index is 0.253. The first kappa shape index (κ1) is 20.6. The number of hydrogen-bond donors (Lipinski definition) is 4. The van der Waals surface area contributed by atoms with E-state index < -0.39 is 0 Å². The van der Waals surface area contributed by atoms with Crippen LogP contribution in [0.15, 0.2) is 48.7 Å². The molecule has 4 N–H and O–H groups in total. The predicted molar refractivity (Wildman–Crippen MR) is 121 cm³/mol. The third-order valence-corrected chi connectivity index (χ3v) is 5.46. The van der Waals surface area contributed by atoms with Crippen LogP contribution in [-0.4, -0.2) is 63.7 Å². The zero-order chi connectivity index (χ0) is 22.6. The van der Waals surface area contributed by atoms with Gasteiger partial charge in [0.05, 0.1) is 25.3 Å². The molecule has 0 aliphatic carbocycles. The van der Waals surface area contributed by atoms with E-state index in [-0.39, 0.29) is 18.4 Å². The van der Waals surface area contributed by atoms with E-state index in [0.717, 1.165) is 18.8 Å². The van der Waals surface area contributed by atoms with E-state index >= 15 is 0 Å². The number of nitrogens with zero attached hydrogens (tertiary/aromatic N) is 4. The summed E-state index contributed by atoms with van der Waals surface area (Å²) in [5.41, 5.74) is 3.35. The van der Waals surface area contributed by atoms with Crippen LogP contribution in [0, 0.1) is 0 Å². The van der Waals surface area contributed by atoms with E-state index in [1.165, 1.54) is 0 Å². The second-order valence-corrected chi connectivity index (χ2v) is 7.58. The minimum atomic E-state index is -0.280. The van der Waals surface area contributed by atoms with Gasteiger partial charge in [-0.2, -0.15) is 5.10 Å². The second-order valence-electron chi connectivity index (χ2n) is 7.58. The van der Waals surface area contributed by atoms with Gasteiger partial charge in [0.15, 0.2) is 5.82 Å². The van der Waals surface area contributed by atoms with E-state index in [2.05, 4.69) is 41.1 Å². The topological polar surface area (TPSA) is 141 Å². The number of carbonyl (C=O) groups is 2. The number of amides is 2. The summed E-state index contributed by atoms with van der Waals surface area (Å²) < 4.78 is 5.38. The van der Waals surface area contributed by atoms with Gasteiger partial charge in [0.25, 0.3) is 11.8 Å². The molecule has 2 aromatic carbocycles. The van der Waals surface area contributed by atoms with Gasteiger partial charge in [-0.15, -0.1) is 5.10 Å². The number of ether oxygens (including phenoxy) is 1. The molecule has 5 rings (SSSR count). The molecular weight excluding hydrogens is 424 g/mol. The maximum absolute atomic E-state index is 12.8. The summed E-state index contributed by atoms with van der Waals surface area (Å²) in [5.74, 6) is -0.187. The summed E-state index contributed by atoms with van der Waals surface area (Å²) >= 11 is 0. The van der Waals surface area contributed by atoms with Crippen LogP contribution in [0.3, 0.4) is 0 Å². The second kappa shape index (κ2) is 9.09. The molecule has 1 aliphatic rings. The maximum Gasteiger partial charge on any atom is 0.256 e. The molecule has 4 aromatic rings. The quantitative estimate of drug-likeness (QED) is 0.353. The molecule has 0 atom stereocenters. The summed E-state index contributed by atoms with van der Waals surface area (Å²) in [7, 11) is 0. The highest BCUT2D eigenvalue weighted by atomic mass is 16.5. The molecule has 1 saturated heterocycles. The third-order valence-electron chi connectivity index (χ3n) is 5.46. The van der Waals surface area contributed by atoms with Gasteiger partial charge in [-0.25, -0.2) is 0 Å². The average molecular weight is 446 g/mol. The summed E-state index contributed by atoms with van der Waals surface area (Å²) in [4.78, 5) is 27.5. The normalized spacial score (nSPS) is 13.8. The van der Waals surface area contributed by atoms with Crippen LogP contribution >= 0.6 is 0 Å². The zero-order valence-corrected chi connectivity index (χ0v) is 17.7. The molecule has 2 aromatic heterocycles. The summed E-state index contributed by atoms with van der Waals surface area (Å²) in [6.45, 7) is 3.32. The van der Waals surface area contributed by atoms with Crippen LogP contribution in [0.1, 0.15) is 26.4 Å². The fourth-order valence-corrected chi connectivity index (χ4v) is 3.66. The number of H-pyrrole nitrogens is 2. The van der Waals surface area contributed by atoms with Crippen LogP contribution in [-0.2, 0) is 11.3 Å². The monoisotopic (exact) mass is 446 g/mol. The number of nitrogens with one attached hydrogen (secondary N) is 4. The van der Waals surface area contributed by atoms with Gasteiger partial charge in [-0.3, -0.25) is 19.8 Å². The van der Waals surface area contributed by atoms with Crippen molar-refractivity contribution in [1.82, 2.24) is 30.9 Å². The molecule has 3 heterocycles. The summed E-state index contributed by atoms with van der Waals surface area (Å²) in [6, 6.07) is 12.6. The number of benzene rings is 2. The van der Waals surface area contributed by atoms with Gasteiger partial charge in [-0.05, 0) is 42.5 Å². The Kier molecular flexibility index (Phi) is 5.68. The molecule has 0 bridgehead atoms. The Labute approximate surface area is 188 Å². The van der Waals surface area contributed by atoms with Crippen LogP contribution in [0.2, 0.25) is 0 Å². The highest BCUT2D eigenvalue weighted by molar-refractivity contribution is 6.09. The first-order valence-corrected chi connectivity index (χ1v) is 10.5. The van der Waals surface area contributed by atoms with Crippen molar-refractivity contribution in [2.24, 2.45) is 0 Å². The van der Waals surface area contributed by atoms with Gasteiger partial charge in [-0.1, -0.05) is 5.21 Å². The highest BCUT2D eigenvalue weighted by Gasteiger charge is 2.15. The molecule has 1 aliphatic heterocycles. The number of aromatic nitrogens is 5. The van der Waals surface area contributed by atoms with Gasteiger partial charge >= 0.3 is 0 Å². The smallest absolute Gasteiger partial charge is 0.256 e. The molecule has 168 valence electrons. The minimum Gasteiger partial charge on any atom is -0.378 e. The Bertz CT molecular complexity index is 1260. The van der Waals surface area contributed by atoms with Crippen molar-refractivity contribution in [1.29, 1.82) is 0 Å². The molecule has 11 nitrogen and oxygen atoms in total. The molecular formula is C22H22N8O3. The molecule has 1 fully saturated rings. The molecule has 0 unspecified atom stereocenters. The summed E-state index contributed by atoms with van der Waals surface area (Å²) in [6.07, 6.45) is 1.61. The van der Waals surface area contributed by atoms with Crippen molar-refractivity contribution in [3.05, 3.63) is 65.5 Å². The number of aromatic amines is 2. The first-order valence-electron chi connectivity index (χ1n) is 10.5. The van der Waals surface area contributed by atoms with Crippen LogP contribution in [0.5, 0.6) is 0 Å². The molecule has 11 heteroatoms. The van der Waals surface area contributed by atoms with Crippen molar-refractivity contribution in [3.8, 4) is 0 Å². The van der Waals surface area contributed by atoms with Crippen molar-refractivity contribution in [2.75, 3.05) is 36.5 Å². The number of morpholine rings is 1. The number of anilines is 2. The lowest BCUT2D eigenvalue weighted by Crippen LogP contribution is -2.36. The van der Waals surface area contributed by atoms with E-state index in [4.69, 9.17) is 4.74 Å². The Morgan fingerprint density at radius 1 is 1.03 bits per heavy atom. The van der Waals surface area contributed by atoms with Crippen molar-refractivity contribution in [2.45, 2.75) is 6.54 Å². The van der Waals surface area contributed by atoms with Crippen LogP contribution in [0.4, 0.5) is 11.5 Å². The van der Waals surface area contributed by atoms with Crippen molar-refractivity contribution < 1.29 is 14.3 Å². The zero-order valence-electron chi connectivity index (χ0n) is 17.7. The number of carbonyl (C=O) groups excluding carboxylic acids is 2. The summed E-state index contributed by atoms with van der Waals surface area (Å²) in [5, 5.41) is 23.4. The SMILES string of the molecule is O=C(NCc1c[nH]nn1)c1ccc2[nH]nc(NC(=O)c3ccc(N4CCOCC4)cc3)c2c1. The van der Waals surface area contributed by atoms with E-state index in [9.17, 15) is 9.59 Å². The number of hydrogen-bond acceptors (Lipinski definition) is 7. The van der Waals surface area contributed by atoms with Crippen molar-refractivity contribution >= 4 is 34.2 Å². The Balaban J connectivity index is 1.28. The van der Waals surface area contributed by atoms with Gasteiger partial charge in [0, 0.05) is 41.5 Å². The van der Waals surface area contributed by atoms with Crippen molar-refractivity contribution in [3.63, 3.8) is 0 Å². The van der Waals surface area contributed by atoms with Gasteiger partial charge < -0.3 is 20.3 Å². The van der Waals surface area contributed by atoms with Crippen LogP contribution in [0.25, 0.3) is 10.9 Å². The maximum atomic E-state index is 12.8. The predicted octanol–water partition coefficient (Wildman–Crippen LogP) is 1.70. The standard InChI is InChI=1S/C22H22N8O3/c31-21(23-12-16-13-24-29-26-16)15-3-6-19-18(11-15)20(28-27-19)25-22(32)14-1-4-17(5-2-14)30-7-9-33-10-8-30/h1-6,11,13H,7-10,12H2,(H,23,31)(H,24,26,29)(H2,25,27,28,32). The highest BCUT2D eigenvalue weighted by Crippen LogP contribution is 2.23. The molecule has 0 spiro atoms. The fraction of sp³-hybridized carbons (Fsp3) is 0.227. The van der Waals surface area contributed by atoms with Gasteiger partial charge in [0.2, 0.25) is 0 Å². The van der Waals surface area contributed by atoms with E-state index in [1.54, 1.807) is 36.5 Å². The Morgan fingerprint density at radius 2 is 1.82 bits per heavy atom. The molecule has 0 saturated carbocycles.